The van der Waals surface area contributed by atoms with Crippen LogP contribution in [0.15, 0.2) is 0 Å². The molecule has 0 aliphatic carbocycles. The summed E-state index contributed by atoms with van der Waals surface area (Å²) < 4.78 is 0. The lowest BCUT2D eigenvalue weighted by Gasteiger charge is -2.19. The van der Waals surface area contributed by atoms with Crippen molar-refractivity contribution in [1.29, 1.82) is 0 Å². The highest BCUT2D eigenvalue weighted by Gasteiger charge is 2.12. The van der Waals surface area contributed by atoms with Gasteiger partial charge >= 0.3 is 0 Å². The van der Waals surface area contributed by atoms with E-state index in [9.17, 15) is 4.79 Å². The summed E-state index contributed by atoms with van der Waals surface area (Å²) in [5.74, 6) is 0.295. The Morgan fingerprint density at radius 3 is 1.39 bits per heavy atom. The zero-order valence-electron chi connectivity index (χ0n) is 20.4. The van der Waals surface area contributed by atoms with Crippen molar-refractivity contribution in [2.75, 3.05) is 0 Å². The van der Waals surface area contributed by atoms with Crippen LogP contribution in [0, 0.1) is 0 Å². The maximum Gasteiger partial charge on any atom is 0.220 e. The number of carbonyl (C=O) groups is 1. The molecule has 28 heavy (non-hydrogen) atoms. The summed E-state index contributed by atoms with van der Waals surface area (Å²) in [6.07, 6.45) is 23.9. The third-order valence-corrected chi connectivity index (χ3v) is 5.43. The predicted molar refractivity (Wildman–Crippen MR) is 130 cm³/mol. The van der Waals surface area contributed by atoms with Gasteiger partial charge in [0.2, 0.25) is 5.91 Å². The third-order valence-electron chi connectivity index (χ3n) is 5.43. The molecule has 0 atom stereocenters. The normalized spacial score (nSPS) is 10.6. The molecule has 0 heterocycles. The summed E-state index contributed by atoms with van der Waals surface area (Å²) >= 11 is 0. The quantitative estimate of drug-likeness (QED) is 0.203. The molecule has 0 aliphatic rings. The molecular weight excluding hydrogens is 342 g/mol. The maximum atomic E-state index is 12.3. The number of nitrogens with one attached hydrogen (secondary N) is 1. The van der Waals surface area contributed by atoms with Crippen LogP contribution in [0.4, 0.5) is 0 Å². The minimum Gasteiger partial charge on any atom is -0.353 e. The number of hydrogen-bond acceptors (Lipinski definition) is 1. The summed E-state index contributed by atoms with van der Waals surface area (Å²) in [6.45, 7) is 10.8. The molecule has 0 bridgehead atoms. The molecule has 2 heteroatoms. The Morgan fingerprint density at radius 1 is 0.607 bits per heavy atom. The average Bonchev–Trinajstić information content (AvgIpc) is 2.71. The Balaban J connectivity index is -0.00000218. The van der Waals surface area contributed by atoms with Crippen molar-refractivity contribution in [3.63, 3.8) is 0 Å². The molecule has 0 aromatic rings. The smallest absolute Gasteiger partial charge is 0.220 e. The molecule has 172 valence electrons. The standard InChI is InChI=1S/C24H49NO.C2H6.H2/c1-4-7-10-13-15-17-20-23(21-18-16-14-11-8-5-2)25-24(26)22-19-12-9-6-3;1-2;/h23H,4-22H2,1-3H3,(H,25,26);1-2H3;1H. The van der Waals surface area contributed by atoms with E-state index in [1.165, 1.54) is 109 Å². The van der Waals surface area contributed by atoms with Gasteiger partial charge in [-0.3, -0.25) is 4.79 Å². The largest absolute Gasteiger partial charge is 0.353 e. The summed E-state index contributed by atoms with van der Waals surface area (Å²) in [7, 11) is 0. The molecule has 0 aromatic heterocycles. The Hall–Kier alpha value is -0.530. The summed E-state index contributed by atoms with van der Waals surface area (Å²) in [4.78, 5) is 12.3. The monoisotopic (exact) mass is 399 g/mol. The molecule has 0 radical (unpaired) electrons. The van der Waals surface area contributed by atoms with E-state index in [-0.39, 0.29) is 1.43 Å². The highest BCUT2D eigenvalue weighted by atomic mass is 16.1. The third kappa shape index (κ3) is 23.5. The second-order valence-electron chi connectivity index (χ2n) is 8.19. The van der Waals surface area contributed by atoms with Gasteiger partial charge in [-0.25, -0.2) is 0 Å². The van der Waals surface area contributed by atoms with Crippen LogP contribution >= 0.6 is 0 Å². The van der Waals surface area contributed by atoms with E-state index in [0.29, 0.717) is 11.9 Å². The van der Waals surface area contributed by atoms with Crippen molar-refractivity contribution in [2.24, 2.45) is 0 Å². The average molecular weight is 400 g/mol. The maximum absolute atomic E-state index is 12.3. The van der Waals surface area contributed by atoms with Crippen molar-refractivity contribution in [3.8, 4) is 0 Å². The van der Waals surface area contributed by atoms with Crippen LogP contribution in [0.1, 0.15) is 158 Å². The lowest BCUT2D eigenvalue weighted by molar-refractivity contribution is -0.122. The van der Waals surface area contributed by atoms with Crippen molar-refractivity contribution < 1.29 is 6.22 Å². The van der Waals surface area contributed by atoms with Gasteiger partial charge in [-0.2, -0.15) is 0 Å². The van der Waals surface area contributed by atoms with Gasteiger partial charge in [-0.15, -0.1) is 0 Å². The van der Waals surface area contributed by atoms with E-state index in [1.54, 1.807) is 0 Å². The summed E-state index contributed by atoms with van der Waals surface area (Å²) in [5, 5.41) is 3.36. The van der Waals surface area contributed by atoms with Crippen LogP contribution in [-0.4, -0.2) is 11.9 Å². The van der Waals surface area contributed by atoms with Crippen LogP contribution in [-0.2, 0) is 4.79 Å². The van der Waals surface area contributed by atoms with Gasteiger partial charge in [-0.1, -0.05) is 131 Å². The van der Waals surface area contributed by atoms with Gasteiger partial charge < -0.3 is 5.32 Å². The van der Waals surface area contributed by atoms with E-state index in [2.05, 4.69) is 26.1 Å². The van der Waals surface area contributed by atoms with Crippen LogP contribution in [0.25, 0.3) is 0 Å². The lowest BCUT2D eigenvalue weighted by Crippen LogP contribution is -2.34. The fourth-order valence-electron chi connectivity index (χ4n) is 3.64. The molecule has 0 aliphatic heterocycles. The number of carbonyl (C=O) groups excluding carboxylic acids is 1. The van der Waals surface area contributed by atoms with Gasteiger partial charge in [-0.05, 0) is 19.3 Å². The van der Waals surface area contributed by atoms with Crippen molar-refractivity contribution in [1.82, 2.24) is 5.32 Å². The second kappa shape index (κ2) is 26.5. The highest BCUT2D eigenvalue weighted by molar-refractivity contribution is 5.76. The minimum absolute atomic E-state index is 0. The van der Waals surface area contributed by atoms with Gasteiger partial charge in [0.05, 0.1) is 0 Å². The number of amides is 1. The number of unbranched alkanes of at least 4 members (excludes halogenated alkanes) is 13. The molecule has 0 rings (SSSR count). The van der Waals surface area contributed by atoms with E-state index in [1.807, 2.05) is 13.8 Å². The first kappa shape index (κ1) is 29.7. The van der Waals surface area contributed by atoms with Crippen molar-refractivity contribution >= 4 is 5.91 Å². The highest BCUT2D eigenvalue weighted by Crippen LogP contribution is 2.15. The fraction of sp³-hybridized carbons (Fsp3) is 0.962. The zero-order chi connectivity index (χ0) is 21.3. The first-order chi connectivity index (χ1) is 13.7. The number of rotatable bonds is 20. The van der Waals surface area contributed by atoms with Gasteiger partial charge in [0.15, 0.2) is 0 Å². The first-order valence-electron chi connectivity index (χ1n) is 13.0. The first-order valence-corrected chi connectivity index (χ1v) is 13.0. The zero-order valence-corrected chi connectivity index (χ0v) is 20.4. The van der Waals surface area contributed by atoms with Gasteiger partial charge in [0, 0.05) is 13.9 Å². The molecule has 0 fully saturated rings. The van der Waals surface area contributed by atoms with Gasteiger partial charge in [0.1, 0.15) is 0 Å². The molecule has 0 saturated heterocycles. The van der Waals surface area contributed by atoms with Crippen LogP contribution < -0.4 is 5.32 Å². The Kier molecular flexibility index (Phi) is 28.0. The Labute approximate surface area is 180 Å². The second-order valence-corrected chi connectivity index (χ2v) is 8.19. The number of hydrogen-bond donors (Lipinski definition) is 1. The summed E-state index contributed by atoms with van der Waals surface area (Å²) in [6, 6.07) is 0.422. The van der Waals surface area contributed by atoms with Crippen LogP contribution in [0.2, 0.25) is 0 Å². The van der Waals surface area contributed by atoms with E-state index < -0.39 is 0 Å². The molecule has 0 unspecified atom stereocenters. The van der Waals surface area contributed by atoms with Gasteiger partial charge in [0.25, 0.3) is 0 Å². The van der Waals surface area contributed by atoms with E-state index in [4.69, 9.17) is 0 Å². The Bertz CT molecular complexity index is 280. The van der Waals surface area contributed by atoms with Crippen LogP contribution in [0.3, 0.4) is 0 Å². The molecule has 0 aromatic carbocycles. The molecule has 2 nitrogen and oxygen atoms in total. The van der Waals surface area contributed by atoms with E-state index in [0.717, 1.165) is 12.8 Å². The van der Waals surface area contributed by atoms with Crippen LogP contribution in [0.5, 0.6) is 0 Å². The molecule has 0 spiro atoms. The van der Waals surface area contributed by atoms with Crippen molar-refractivity contribution in [2.45, 2.75) is 163 Å². The molecule has 1 N–H and O–H groups in total. The summed E-state index contributed by atoms with van der Waals surface area (Å²) in [5.41, 5.74) is 0. The predicted octanol–water partition coefficient (Wildman–Crippen LogP) is 9.22. The molecule has 0 saturated carbocycles. The van der Waals surface area contributed by atoms with Crippen molar-refractivity contribution in [3.05, 3.63) is 0 Å². The Morgan fingerprint density at radius 2 is 0.964 bits per heavy atom. The molecular formula is C26H57NO. The lowest BCUT2D eigenvalue weighted by atomic mass is 9.99. The molecule has 1 amide bonds. The van der Waals surface area contributed by atoms with E-state index >= 15 is 0 Å². The fourth-order valence-corrected chi connectivity index (χ4v) is 3.64. The minimum atomic E-state index is 0. The SMILES string of the molecule is CC.CCCCCCCCC(CCCCCCCC)NC(=O)CCCCCC.[HH]. The topological polar surface area (TPSA) is 29.1 Å².